The molecule has 5 rings (SSSR count). The number of benzene rings is 3. The smallest absolute Gasteiger partial charge is 0.268 e. The molecule has 0 aliphatic heterocycles. The van der Waals surface area contributed by atoms with Gasteiger partial charge in [0.05, 0.1) is 6.54 Å². The molecule has 1 atom stereocenters. The van der Waals surface area contributed by atoms with Gasteiger partial charge in [-0.3, -0.25) is 9.59 Å². The van der Waals surface area contributed by atoms with Gasteiger partial charge in [-0.2, -0.15) is 0 Å². The van der Waals surface area contributed by atoms with Crippen molar-refractivity contribution in [2.45, 2.75) is 59.4 Å². The van der Waals surface area contributed by atoms with E-state index in [4.69, 9.17) is 0 Å². The zero-order valence-electron chi connectivity index (χ0n) is 25.0. The minimum atomic E-state index is -0.319. The first-order valence-electron chi connectivity index (χ1n) is 14.5. The zero-order valence-corrected chi connectivity index (χ0v) is 25.0. The second-order valence-corrected chi connectivity index (χ2v) is 13.3. The Bertz CT molecular complexity index is 1610. The predicted octanol–water partition coefficient (Wildman–Crippen LogP) is 7.04. The molecule has 1 aromatic heterocycles. The van der Waals surface area contributed by atoms with Crippen LogP contribution < -0.4 is 10.6 Å². The van der Waals surface area contributed by atoms with E-state index in [1.807, 2.05) is 48.5 Å². The van der Waals surface area contributed by atoms with Crippen LogP contribution in [0.2, 0.25) is 0 Å². The Labute approximate surface area is 243 Å². The lowest BCUT2D eigenvalue weighted by atomic mass is 9.79. The molecule has 3 aromatic carbocycles. The van der Waals surface area contributed by atoms with Crippen LogP contribution in [0.1, 0.15) is 80.2 Å². The molecule has 212 valence electrons. The molecule has 0 saturated heterocycles. The van der Waals surface area contributed by atoms with Gasteiger partial charge in [0.25, 0.3) is 5.91 Å². The maximum Gasteiger partial charge on any atom is 0.268 e. The van der Waals surface area contributed by atoms with Crippen LogP contribution in [0.4, 0.5) is 0 Å². The second kappa shape index (κ2) is 11.1. The van der Waals surface area contributed by atoms with E-state index in [0.29, 0.717) is 18.7 Å². The number of hydrogen-bond acceptors (Lipinski definition) is 3. The number of carbonyl (C=O) groups excluding carboxylic acids is 2. The Morgan fingerprint density at radius 2 is 1.51 bits per heavy atom. The fourth-order valence-electron chi connectivity index (χ4n) is 5.62. The lowest BCUT2D eigenvalue weighted by Crippen LogP contribution is -2.39. The number of allylic oxidation sites excluding steroid dienone is 1. The molecule has 41 heavy (non-hydrogen) atoms. The number of Topliss-reactive ketones (excluding diaryl/α,β-unsaturated/α-hetero) is 1. The van der Waals surface area contributed by atoms with Gasteiger partial charge < -0.3 is 15.6 Å². The van der Waals surface area contributed by atoms with Crippen molar-refractivity contribution in [3.63, 3.8) is 0 Å². The number of ketones is 1. The van der Waals surface area contributed by atoms with E-state index >= 15 is 0 Å². The number of aromatic amines is 1. The lowest BCUT2D eigenvalue weighted by Gasteiger charge is -2.25. The van der Waals surface area contributed by atoms with Crippen molar-refractivity contribution in [2.24, 2.45) is 5.41 Å². The molecule has 1 heterocycles. The largest absolute Gasteiger partial charge is 0.350 e. The molecule has 1 aliphatic rings. The molecular weight excluding hydrogens is 506 g/mol. The summed E-state index contributed by atoms with van der Waals surface area (Å²) in [7, 11) is 0. The lowest BCUT2D eigenvalue weighted by molar-refractivity contribution is -0.115. The summed E-state index contributed by atoms with van der Waals surface area (Å²) in [5, 5.41) is 7.54. The van der Waals surface area contributed by atoms with Crippen LogP contribution in [0.15, 0.2) is 84.4 Å². The van der Waals surface area contributed by atoms with Crippen molar-refractivity contribution in [1.29, 1.82) is 0 Å². The van der Waals surface area contributed by atoms with Crippen LogP contribution in [0.3, 0.4) is 0 Å². The summed E-state index contributed by atoms with van der Waals surface area (Å²) in [6.07, 6.45) is 0.577. The molecule has 4 aromatic rings. The predicted molar refractivity (Wildman–Crippen MR) is 168 cm³/mol. The van der Waals surface area contributed by atoms with E-state index in [1.165, 1.54) is 0 Å². The molecule has 0 spiro atoms. The summed E-state index contributed by atoms with van der Waals surface area (Å²) in [6, 6.07) is 26.6. The van der Waals surface area contributed by atoms with E-state index in [9.17, 15) is 9.59 Å². The van der Waals surface area contributed by atoms with Crippen molar-refractivity contribution in [3.8, 4) is 0 Å². The monoisotopic (exact) mass is 547 g/mol. The highest BCUT2D eigenvalue weighted by Gasteiger charge is 2.36. The fraction of sp³-hybridized carbons (Fsp3) is 0.333. The molecule has 1 aliphatic carbocycles. The van der Waals surface area contributed by atoms with Crippen LogP contribution in [0.25, 0.3) is 16.5 Å². The molecule has 0 bridgehead atoms. The number of aromatic nitrogens is 1. The Morgan fingerprint density at radius 3 is 2.22 bits per heavy atom. The van der Waals surface area contributed by atoms with Gasteiger partial charge in [-0.05, 0) is 54.5 Å². The Morgan fingerprint density at radius 1 is 0.854 bits per heavy atom. The Kier molecular flexibility index (Phi) is 7.76. The van der Waals surface area contributed by atoms with E-state index in [1.54, 1.807) is 0 Å². The van der Waals surface area contributed by atoms with Gasteiger partial charge in [-0.15, -0.1) is 0 Å². The number of amides is 1. The van der Waals surface area contributed by atoms with Crippen molar-refractivity contribution < 1.29 is 9.59 Å². The second-order valence-electron chi connectivity index (χ2n) is 13.3. The third-order valence-corrected chi connectivity index (χ3v) is 7.58. The normalized spacial score (nSPS) is 14.3. The summed E-state index contributed by atoms with van der Waals surface area (Å²) in [5.41, 5.74) is 7.16. The van der Waals surface area contributed by atoms with E-state index in [-0.39, 0.29) is 35.1 Å². The zero-order chi connectivity index (χ0) is 29.4. The topological polar surface area (TPSA) is 74.0 Å². The number of fused-ring (bicyclic) bond motifs is 2. The highest BCUT2D eigenvalue weighted by Crippen LogP contribution is 2.48. The van der Waals surface area contributed by atoms with Crippen LogP contribution in [-0.4, -0.2) is 35.3 Å². The minimum Gasteiger partial charge on any atom is -0.350 e. The third-order valence-electron chi connectivity index (χ3n) is 7.58. The first kappa shape index (κ1) is 28.6. The summed E-state index contributed by atoms with van der Waals surface area (Å²) in [5.74, 6) is -0.369. The Hall–Kier alpha value is -3.96. The number of rotatable bonds is 8. The molecule has 5 nitrogen and oxygen atoms in total. The molecule has 1 amide bonds. The van der Waals surface area contributed by atoms with Gasteiger partial charge in [0.15, 0.2) is 5.78 Å². The number of para-hydroxylation sites is 1. The Balaban J connectivity index is 1.76. The first-order valence-corrected chi connectivity index (χ1v) is 14.5. The third kappa shape index (κ3) is 6.20. The highest BCUT2D eigenvalue weighted by molar-refractivity contribution is 6.10. The van der Waals surface area contributed by atoms with E-state index < -0.39 is 0 Å². The van der Waals surface area contributed by atoms with Gasteiger partial charge in [0.2, 0.25) is 0 Å². The van der Waals surface area contributed by atoms with Gasteiger partial charge in [0, 0.05) is 46.5 Å². The van der Waals surface area contributed by atoms with Crippen LogP contribution in [-0.2, 0) is 11.2 Å². The van der Waals surface area contributed by atoms with Gasteiger partial charge in [-0.1, -0.05) is 93.6 Å². The van der Waals surface area contributed by atoms with Crippen molar-refractivity contribution >= 4 is 28.2 Å². The average Bonchev–Trinajstić information content (AvgIpc) is 3.50. The van der Waals surface area contributed by atoms with Crippen molar-refractivity contribution in [1.82, 2.24) is 15.6 Å². The fourth-order valence-corrected chi connectivity index (χ4v) is 5.62. The SMILES string of the molecule is CC(C)(C)CNC(=O)c1[nH]c2ccccc2c1C(C1=C(C(=O)CNC(C)(C)C)Cc2ccccc21)c1ccccc1. The molecule has 3 N–H and O–H groups in total. The summed E-state index contributed by atoms with van der Waals surface area (Å²) in [6.45, 7) is 13.3. The number of nitrogens with one attached hydrogen (secondary N) is 3. The molecule has 1 unspecified atom stereocenters. The summed E-state index contributed by atoms with van der Waals surface area (Å²) >= 11 is 0. The average molecular weight is 548 g/mol. The van der Waals surface area contributed by atoms with Gasteiger partial charge in [0.1, 0.15) is 5.69 Å². The van der Waals surface area contributed by atoms with Crippen molar-refractivity contribution in [3.05, 3.63) is 112 Å². The maximum absolute atomic E-state index is 14.0. The van der Waals surface area contributed by atoms with Gasteiger partial charge >= 0.3 is 0 Å². The molecular formula is C36H41N3O2. The number of carbonyl (C=O) groups is 2. The number of H-pyrrole nitrogens is 1. The molecule has 0 radical (unpaired) electrons. The van der Waals surface area contributed by atoms with E-state index in [2.05, 4.69) is 87.5 Å². The summed E-state index contributed by atoms with van der Waals surface area (Å²) in [4.78, 5) is 31.3. The standard InChI is InChI=1S/C36H41N3O2/c1-35(2,3)22-37-34(41)33-32(26-18-12-13-19-28(26)39-33)30(23-14-8-7-9-15-23)31-25-17-11-10-16-24(25)20-27(31)29(40)21-38-36(4,5)6/h7-19,30,38-39H,20-22H2,1-6H3,(H,37,41). The van der Waals surface area contributed by atoms with Gasteiger partial charge in [-0.25, -0.2) is 0 Å². The minimum absolute atomic E-state index is 0.0623. The van der Waals surface area contributed by atoms with Crippen LogP contribution in [0.5, 0.6) is 0 Å². The van der Waals surface area contributed by atoms with Crippen LogP contribution in [0, 0.1) is 5.41 Å². The van der Waals surface area contributed by atoms with E-state index in [0.717, 1.165) is 44.3 Å². The molecule has 0 fully saturated rings. The maximum atomic E-state index is 14.0. The first-order chi connectivity index (χ1) is 19.4. The quantitative estimate of drug-likeness (QED) is 0.221. The summed E-state index contributed by atoms with van der Waals surface area (Å²) < 4.78 is 0. The number of hydrogen-bond donors (Lipinski definition) is 3. The highest BCUT2D eigenvalue weighted by atomic mass is 16.2. The van der Waals surface area contributed by atoms with Crippen LogP contribution >= 0.6 is 0 Å². The van der Waals surface area contributed by atoms with Crippen molar-refractivity contribution in [2.75, 3.05) is 13.1 Å². The molecule has 5 heteroatoms. The molecule has 0 saturated carbocycles.